The van der Waals surface area contributed by atoms with E-state index in [2.05, 4.69) is 6.58 Å². The Bertz CT molecular complexity index is 622. The van der Waals surface area contributed by atoms with Crippen molar-refractivity contribution in [2.75, 3.05) is 0 Å². The van der Waals surface area contributed by atoms with Crippen molar-refractivity contribution >= 4 is 13.5 Å². The number of benzene rings is 1. The predicted octanol–water partition coefficient (Wildman–Crippen LogP) is 4.61. The first-order valence-corrected chi connectivity index (χ1v) is 8.99. The van der Waals surface area contributed by atoms with Crippen LogP contribution in [0.4, 0.5) is 8.78 Å². The van der Waals surface area contributed by atoms with Gasteiger partial charge in [-0.3, -0.25) is 9.36 Å². The van der Waals surface area contributed by atoms with Crippen LogP contribution in [0.3, 0.4) is 0 Å². The number of halogens is 2. The van der Waals surface area contributed by atoms with Gasteiger partial charge < -0.3 is 9.63 Å². The van der Waals surface area contributed by atoms with Crippen LogP contribution in [0, 0.1) is 0 Å². The van der Waals surface area contributed by atoms with Crippen molar-refractivity contribution in [3.63, 3.8) is 0 Å². The van der Waals surface area contributed by atoms with Gasteiger partial charge in [0.25, 0.3) is 0 Å². The average molecular weight is 361 g/mol. The summed E-state index contributed by atoms with van der Waals surface area (Å²) in [5.41, 5.74) is -3.79. The lowest BCUT2D eigenvalue weighted by Gasteiger charge is -2.39. The minimum absolute atomic E-state index is 0.0205. The number of nitrogens with zero attached hydrogens (tertiary/aromatic N) is 1. The number of alkyl halides is 2. The average Bonchev–Trinajstić information content (AvgIpc) is 2.47. The molecule has 1 N–H and O–H groups in total. The lowest BCUT2D eigenvalue weighted by atomic mass is 10.3. The van der Waals surface area contributed by atoms with Gasteiger partial charge in [0, 0.05) is 12.5 Å². The number of rotatable bonds is 9. The summed E-state index contributed by atoms with van der Waals surface area (Å²) in [5, 5.41) is 9.24. The zero-order valence-electron chi connectivity index (χ0n) is 13.9. The standard InChI is InChI=1S/C16H22F2NO4P/c1-5-11-16(17,18)24(22,23-14-9-7-6-8-10-14)19(12(2)3)13(4)15(20)21/h5-10,12-13H,1,11H2,2-4H3,(H,20,21)/t13-,24?/m0/s1. The van der Waals surface area contributed by atoms with Gasteiger partial charge in [0.2, 0.25) is 0 Å². The molecule has 0 fully saturated rings. The summed E-state index contributed by atoms with van der Waals surface area (Å²) < 4.78 is 48.7. The summed E-state index contributed by atoms with van der Waals surface area (Å²) in [6.45, 7) is 7.44. The van der Waals surface area contributed by atoms with Gasteiger partial charge in [0.15, 0.2) is 0 Å². The van der Waals surface area contributed by atoms with E-state index in [1.165, 1.54) is 32.9 Å². The van der Waals surface area contributed by atoms with Crippen molar-refractivity contribution < 1.29 is 27.8 Å². The third-order valence-electron chi connectivity index (χ3n) is 3.36. The third kappa shape index (κ3) is 4.22. The molecular formula is C16H22F2NO4P. The zero-order chi connectivity index (χ0) is 18.5. The van der Waals surface area contributed by atoms with Crippen molar-refractivity contribution in [2.24, 2.45) is 0 Å². The number of carboxylic acids is 1. The molecule has 0 aliphatic rings. The normalized spacial score (nSPS) is 15.8. The van der Waals surface area contributed by atoms with E-state index in [4.69, 9.17) is 4.52 Å². The number of hydrogen-bond donors (Lipinski definition) is 1. The van der Waals surface area contributed by atoms with Crippen LogP contribution in [0.2, 0.25) is 0 Å². The molecule has 0 spiro atoms. The van der Waals surface area contributed by atoms with E-state index in [0.717, 1.165) is 10.7 Å². The van der Waals surface area contributed by atoms with Crippen LogP contribution in [0.15, 0.2) is 43.0 Å². The van der Waals surface area contributed by atoms with E-state index in [1.807, 2.05) is 0 Å². The molecule has 0 aliphatic carbocycles. The molecule has 0 saturated heterocycles. The fourth-order valence-electron chi connectivity index (χ4n) is 2.29. The van der Waals surface area contributed by atoms with Crippen LogP contribution < -0.4 is 4.52 Å². The maximum atomic E-state index is 14.7. The summed E-state index contributed by atoms with van der Waals surface area (Å²) >= 11 is 0. The Hall–Kier alpha value is -1.72. The van der Waals surface area contributed by atoms with E-state index in [-0.39, 0.29) is 5.75 Å². The summed E-state index contributed by atoms with van der Waals surface area (Å²) in [5.74, 6) is -1.39. The molecule has 1 unspecified atom stereocenters. The van der Waals surface area contributed by atoms with Gasteiger partial charge in [-0.25, -0.2) is 4.67 Å². The van der Waals surface area contributed by atoms with Crippen molar-refractivity contribution in [1.29, 1.82) is 0 Å². The molecule has 0 aromatic heterocycles. The maximum absolute atomic E-state index is 14.7. The Morgan fingerprint density at radius 3 is 2.33 bits per heavy atom. The second-order valence-electron chi connectivity index (χ2n) is 5.57. The van der Waals surface area contributed by atoms with Crippen LogP contribution >= 0.6 is 7.52 Å². The molecule has 8 heteroatoms. The molecule has 24 heavy (non-hydrogen) atoms. The summed E-state index contributed by atoms with van der Waals surface area (Å²) in [6, 6.07) is 5.36. The largest absolute Gasteiger partial charge is 0.480 e. The molecule has 0 bridgehead atoms. The van der Waals surface area contributed by atoms with Gasteiger partial charge in [0.05, 0.1) is 0 Å². The number of allylic oxidation sites excluding steroid dienone is 1. The fraction of sp³-hybridized carbons (Fsp3) is 0.438. The van der Waals surface area contributed by atoms with Crippen molar-refractivity contribution in [3.8, 4) is 5.75 Å². The Morgan fingerprint density at radius 2 is 1.92 bits per heavy atom. The van der Waals surface area contributed by atoms with Gasteiger partial charge in [0.1, 0.15) is 11.8 Å². The Morgan fingerprint density at radius 1 is 1.38 bits per heavy atom. The molecule has 1 rings (SSSR count). The van der Waals surface area contributed by atoms with Crippen LogP contribution in [-0.2, 0) is 9.36 Å². The Balaban J connectivity index is 3.48. The highest BCUT2D eigenvalue weighted by Crippen LogP contribution is 2.65. The molecular weight excluding hydrogens is 339 g/mol. The smallest absolute Gasteiger partial charge is 0.389 e. The second-order valence-corrected chi connectivity index (χ2v) is 7.91. The fourth-order valence-corrected chi connectivity index (χ4v) is 4.78. The van der Waals surface area contributed by atoms with Crippen molar-refractivity contribution in [1.82, 2.24) is 4.67 Å². The molecule has 0 aliphatic heterocycles. The van der Waals surface area contributed by atoms with Gasteiger partial charge in [-0.15, -0.1) is 6.58 Å². The molecule has 0 saturated carbocycles. The first-order valence-electron chi connectivity index (χ1n) is 7.42. The summed E-state index contributed by atoms with van der Waals surface area (Å²) in [7, 11) is -4.89. The van der Waals surface area contributed by atoms with Gasteiger partial charge in [-0.2, -0.15) is 8.78 Å². The molecule has 5 nitrogen and oxygen atoms in total. The molecule has 1 aromatic rings. The second kappa shape index (κ2) is 7.90. The monoisotopic (exact) mass is 361 g/mol. The van der Waals surface area contributed by atoms with E-state index in [1.54, 1.807) is 18.2 Å². The number of hydrogen-bond acceptors (Lipinski definition) is 3. The number of carbonyl (C=O) groups is 1. The summed E-state index contributed by atoms with van der Waals surface area (Å²) in [6.07, 6.45) is 0.0393. The lowest BCUT2D eigenvalue weighted by Crippen LogP contribution is -2.46. The third-order valence-corrected chi connectivity index (χ3v) is 6.25. The van der Waals surface area contributed by atoms with Crippen LogP contribution in [0.5, 0.6) is 5.75 Å². The van der Waals surface area contributed by atoms with Gasteiger partial charge in [-0.05, 0) is 32.9 Å². The van der Waals surface area contributed by atoms with Crippen molar-refractivity contribution in [3.05, 3.63) is 43.0 Å². The Labute approximate surface area is 140 Å². The minimum atomic E-state index is -4.89. The highest BCUT2D eigenvalue weighted by molar-refractivity contribution is 7.58. The number of para-hydroxylation sites is 1. The highest BCUT2D eigenvalue weighted by Gasteiger charge is 2.59. The number of carboxylic acid groups (broad SMARTS) is 1. The SMILES string of the molecule is C=CCC(F)(F)P(=O)(Oc1ccccc1)N(C(C)C)[C@@H](C)C(=O)O. The first-order chi connectivity index (χ1) is 11.1. The minimum Gasteiger partial charge on any atom is -0.480 e. The van der Waals surface area contributed by atoms with Crippen LogP contribution in [0.25, 0.3) is 0 Å². The first kappa shape index (κ1) is 20.3. The molecule has 0 heterocycles. The molecule has 1 aromatic carbocycles. The van der Waals surface area contributed by atoms with Gasteiger partial charge >= 0.3 is 19.2 Å². The highest BCUT2D eigenvalue weighted by atomic mass is 31.2. The quantitative estimate of drug-likeness (QED) is 0.514. The van der Waals surface area contributed by atoms with Gasteiger partial charge in [-0.1, -0.05) is 24.3 Å². The molecule has 134 valence electrons. The molecule has 0 amide bonds. The number of aliphatic carboxylic acids is 1. The van der Waals surface area contributed by atoms with E-state index < -0.39 is 37.7 Å². The van der Waals surface area contributed by atoms with Crippen molar-refractivity contribution in [2.45, 2.75) is 44.9 Å². The zero-order valence-corrected chi connectivity index (χ0v) is 14.7. The molecule has 0 radical (unpaired) electrons. The maximum Gasteiger partial charge on any atom is 0.389 e. The summed E-state index contributed by atoms with van der Waals surface area (Å²) in [4.78, 5) is 11.3. The van der Waals surface area contributed by atoms with Crippen LogP contribution in [-0.4, -0.2) is 33.5 Å². The lowest BCUT2D eigenvalue weighted by molar-refractivity contribution is -0.141. The van der Waals surface area contributed by atoms with E-state index in [0.29, 0.717) is 0 Å². The molecule has 2 atom stereocenters. The topological polar surface area (TPSA) is 66.8 Å². The Kier molecular flexibility index (Phi) is 6.69. The van der Waals surface area contributed by atoms with E-state index >= 15 is 0 Å². The predicted molar refractivity (Wildman–Crippen MR) is 88.5 cm³/mol. The van der Waals surface area contributed by atoms with E-state index in [9.17, 15) is 23.2 Å². The van der Waals surface area contributed by atoms with Crippen LogP contribution in [0.1, 0.15) is 27.2 Å².